The highest BCUT2D eigenvalue weighted by molar-refractivity contribution is 5.96. The third kappa shape index (κ3) is 2.72. The number of carbonyl (C=O) groups excluding carboxylic acids is 1. The second-order valence-electron chi connectivity index (χ2n) is 5.29. The molecule has 18 heavy (non-hydrogen) atoms. The molecule has 1 fully saturated rings. The van der Waals surface area contributed by atoms with Crippen LogP contribution in [0.15, 0.2) is 18.2 Å². The largest absolute Gasteiger partial charge is 0.372 e. The first-order chi connectivity index (χ1) is 8.47. The van der Waals surface area contributed by atoms with E-state index >= 15 is 0 Å². The van der Waals surface area contributed by atoms with Gasteiger partial charge in [0.15, 0.2) is 0 Å². The highest BCUT2D eigenvalue weighted by Gasteiger charge is 2.27. The van der Waals surface area contributed by atoms with Crippen LogP contribution in [0.5, 0.6) is 0 Å². The molecule has 2 atom stereocenters. The van der Waals surface area contributed by atoms with E-state index in [-0.39, 0.29) is 18.1 Å². The SMILES string of the molecule is Cc1ccc(C)c(C(=O)N2CC(C)OC(C)C2)c1. The smallest absolute Gasteiger partial charge is 0.254 e. The summed E-state index contributed by atoms with van der Waals surface area (Å²) in [4.78, 5) is 14.4. The minimum absolute atomic E-state index is 0.114. The number of ether oxygens (including phenoxy) is 1. The molecule has 2 unspecified atom stereocenters. The molecule has 2 rings (SSSR count). The third-order valence-electron chi connectivity index (χ3n) is 3.33. The molecule has 1 aromatic carbocycles. The van der Waals surface area contributed by atoms with Crippen LogP contribution < -0.4 is 0 Å². The van der Waals surface area contributed by atoms with Crippen molar-refractivity contribution in [1.29, 1.82) is 0 Å². The first kappa shape index (κ1) is 13.1. The predicted octanol–water partition coefficient (Wildman–Crippen LogP) is 2.55. The van der Waals surface area contributed by atoms with Crippen LogP contribution in [0, 0.1) is 13.8 Å². The van der Waals surface area contributed by atoms with Gasteiger partial charge in [0.1, 0.15) is 0 Å². The van der Waals surface area contributed by atoms with Crippen LogP contribution in [-0.2, 0) is 4.74 Å². The van der Waals surface area contributed by atoms with Gasteiger partial charge in [-0.05, 0) is 39.3 Å². The fraction of sp³-hybridized carbons (Fsp3) is 0.533. The van der Waals surface area contributed by atoms with E-state index in [1.807, 2.05) is 50.8 Å². The van der Waals surface area contributed by atoms with Crippen molar-refractivity contribution < 1.29 is 9.53 Å². The van der Waals surface area contributed by atoms with Gasteiger partial charge in [0.05, 0.1) is 12.2 Å². The highest BCUT2D eigenvalue weighted by Crippen LogP contribution is 2.17. The van der Waals surface area contributed by atoms with E-state index < -0.39 is 0 Å². The van der Waals surface area contributed by atoms with Crippen LogP contribution in [0.1, 0.15) is 35.3 Å². The molecule has 0 saturated carbocycles. The Hall–Kier alpha value is -1.35. The quantitative estimate of drug-likeness (QED) is 0.763. The van der Waals surface area contributed by atoms with Crippen molar-refractivity contribution in [1.82, 2.24) is 4.90 Å². The first-order valence-corrected chi connectivity index (χ1v) is 6.49. The zero-order chi connectivity index (χ0) is 13.3. The van der Waals surface area contributed by atoms with Gasteiger partial charge >= 0.3 is 0 Å². The summed E-state index contributed by atoms with van der Waals surface area (Å²) in [6.07, 6.45) is 0.227. The fourth-order valence-corrected chi connectivity index (χ4v) is 2.48. The van der Waals surface area contributed by atoms with Crippen molar-refractivity contribution in [2.24, 2.45) is 0 Å². The van der Waals surface area contributed by atoms with E-state index in [9.17, 15) is 4.79 Å². The lowest BCUT2D eigenvalue weighted by Crippen LogP contribution is -2.48. The third-order valence-corrected chi connectivity index (χ3v) is 3.33. The summed E-state index contributed by atoms with van der Waals surface area (Å²) in [5, 5.41) is 0. The molecule has 0 bridgehead atoms. The van der Waals surface area contributed by atoms with Crippen molar-refractivity contribution in [2.75, 3.05) is 13.1 Å². The molecule has 3 nitrogen and oxygen atoms in total. The van der Waals surface area contributed by atoms with Crippen molar-refractivity contribution >= 4 is 5.91 Å². The normalized spacial score (nSPS) is 24.1. The topological polar surface area (TPSA) is 29.5 Å². The maximum Gasteiger partial charge on any atom is 0.254 e. The Morgan fingerprint density at radius 1 is 1.22 bits per heavy atom. The number of hydrogen-bond acceptors (Lipinski definition) is 2. The molecule has 1 amide bonds. The van der Waals surface area contributed by atoms with Gasteiger partial charge in [-0.3, -0.25) is 4.79 Å². The lowest BCUT2D eigenvalue weighted by atomic mass is 10.0. The number of hydrogen-bond donors (Lipinski definition) is 0. The molecule has 0 aromatic heterocycles. The minimum atomic E-state index is 0.114. The van der Waals surface area contributed by atoms with E-state index in [4.69, 9.17) is 4.74 Å². The van der Waals surface area contributed by atoms with E-state index in [1.54, 1.807) is 0 Å². The number of rotatable bonds is 1. The summed E-state index contributed by atoms with van der Waals surface area (Å²) < 4.78 is 5.66. The fourth-order valence-electron chi connectivity index (χ4n) is 2.48. The van der Waals surface area contributed by atoms with Crippen LogP contribution in [0.4, 0.5) is 0 Å². The molecule has 1 aromatic rings. The molecule has 0 spiro atoms. The average Bonchev–Trinajstić information content (AvgIpc) is 2.30. The lowest BCUT2D eigenvalue weighted by molar-refractivity contribution is -0.0586. The van der Waals surface area contributed by atoms with Gasteiger partial charge in [0, 0.05) is 18.7 Å². The van der Waals surface area contributed by atoms with Crippen molar-refractivity contribution in [3.8, 4) is 0 Å². The van der Waals surface area contributed by atoms with E-state index in [0.29, 0.717) is 13.1 Å². The van der Waals surface area contributed by atoms with Gasteiger partial charge in [0.25, 0.3) is 5.91 Å². The lowest BCUT2D eigenvalue weighted by Gasteiger charge is -2.35. The van der Waals surface area contributed by atoms with Crippen molar-refractivity contribution in [2.45, 2.75) is 39.9 Å². The minimum Gasteiger partial charge on any atom is -0.372 e. The number of carbonyl (C=O) groups is 1. The van der Waals surface area contributed by atoms with Gasteiger partial charge in [0.2, 0.25) is 0 Å². The number of nitrogens with zero attached hydrogens (tertiary/aromatic N) is 1. The molecule has 0 radical (unpaired) electrons. The molecule has 0 aliphatic carbocycles. The summed E-state index contributed by atoms with van der Waals surface area (Å²) >= 11 is 0. The Morgan fingerprint density at radius 2 is 1.83 bits per heavy atom. The number of aryl methyl sites for hydroxylation is 2. The zero-order valence-electron chi connectivity index (χ0n) is 11.6. The standard InChI is InChI=1S/C15H21NO2/c1-10-5-6-11(2)14(7-10)15(17)16-8-12(3)18-13(4)9-16/h5-7,12-13H,8-9H2,1-4H3. The molecule has 1 saturated heterocycles. The number of amides is 1. The van der Waals surface area contributed by atoms with Crippen LogP contribution in [-0.4, -0.2) is 36.1 Å². The van der Waals surface area contributed by atoms with Gasteiger partial charge in [-0.2, -0.15) is 0 Å². The maximum absolute atomic E-state index is 12.5. The van der Waals surface area contributed by atoms with Crippen molar-refractivity contribution in [3.05, 3.63) is 34.9 Å². The molecule has 1 aliphatic rings. The van der Waals surface area contributed by atoms with Gasteiger partial charge in [-0.25, -0.2) is 0 Å². The van der Waals surface area contributed by atoms with Gasteiger partial charge < -0.3 is 9.64 Å². The molecule has 3 heteroatoms. The predicted molar refractivity (Wildman–Crippen MR) is 71.8 cm³/mol. The molecule has 0 N–H and O–H groups in total. The summed E-state index contributed by atoms with van der Waals surface area (Å²) in [6, 6.07) is 6.02. The van der Waals surface area contributed by atoms with Gasteiger partial charge in [-0.15, -0.1) is 0 Å². The summed E-state index contributed by atoms with van der Waals surface area (Å²) in [5.74, 6) is 0.123. The summed E-state index contributed by atoms with van der Waals surface area (Å²) in [7, 11) is 0. The Bertz CT molecular complexity index is 446. The second kappa shape index (κ2) is 5.11. The summed E-state index contributed by atoms with van der Waals surface area (Å²) in [5.41, 5.74) is 2.98. The second-order valence-corrected chi connectivity index (χ2v) is 5.29. The van der Waals surface area contributed by atoms with Crippen LogP contribution in [0.3, 0.4) is 0 Å². The van der Waals surface area contributed by atoms with E-state index in [2.05, 4.69) is 0 Å². The number of benzene rings is 1. The van der Waals surface area contributed by atoms with Crippen molar-refractivity contribution in [3.63, 3.8) is 0 Å². The van der Waals surface area contributed by atoms with Crippen LogP contribution in [0.25, 0.3) is 0 Å². The molecule has 1 heterocycles. The first-order valence-electron chi connectivity index (χ1n) is 6.49. The molecular weight excluding hydrogens is 226 g/mol. The molecular formula is C15H21NO2. The maximum atomic E-state index is 12.5. The van der Waals surface area contributed by atoms with E-state index in [0.717, 1.165) is 16.7 Å². The summed E-state index contributed by atoms with van der Waals surface area (Å²) in [6.45, 7) is 9.38. The Morgan fingerprint density at radius 3 is 2.44 bits per heavy atom. The molecule has 98 valence electrons. The van der Waals surface area contributed by atoms with Crippen LogP contribution >= 0.6 is 0 Å². The van der Waals surface area contributed by atoms with E-state index in [1.165, 1.54) is 0 Å². The monoisotopic (exact) mass is 247 g/mol. The molecule has 1 aliphatic heterocycles. The Balaban J connectivity index is 2.22. The van der Waals surface area contributed by atoms with Crippen LogP contribution in [0.2, 0.25) is 0 Å². The number of morpholine rings is 1. The van der Waals surface area contributed by atoms with Gasteiger partial charge in [-0.1, -0.05) is 17.7 Å². The average molecular weight is 247 g/mol. The Kier molecular flexibility index (Phi) is 3.71. The zero-order valence-corrected chi connectivity index (χ0v) is 11.6. The Labute approximate surface area is 109 Å². The highest BCUT2D eigenvalue weighted by atomic mass is 16.5.